The van der Waals surface area contributed by atoms with Crippen LogP contribution in [-0.4, -0.2) is 17.0 Å². The summed E-state index contributed by atoms with van der Waals surface area (Å²) in [4.78, 5) is 23.0. The van der Waals surface area contributed by atoms with Gasteiger partial charge in [0.15, 0.2) is 0 Å². The molecule has 1 aromatic carbocycles. The van der Waals surface area contributed by atoms with Gasteiger partial charge in [-0.25, -0.2) is 4.79 Å². The third-order valence-electron chi connectivity index (χ3n) is 3.70. The van der Waals surface area contributed by atoms with Gasteiger partial charge >= 0.3 is 5.97 Å². The van der Waals surface area contributed by atoms with Crippen molar-refractivity contribution in [2.24, 2.45) is 0 Å². The normalized spacial score (nSPS) is 11.0. The van der Waals surface area contributed by atoms with E-state index in [1.54, 1.807) is 36.4 Å². The maximum Gasteiger partial charge on any atom is 0.335 e. The summed E-state index contributed by atoms with van der Waals surface area (Å²) in [6, 6.07) is 14.7. The van der Waals surface area contributed by atoms with Crippen LogP contribution < -0.4 is 5.32 Å². The molecule has 0 fully saturated rings. The summed E-state index contributed by atoms with van der Waals surface area (Å²) in [5.41, 5.74) is 0.745. The fraction of sp³-hybridized carbons (Fsp3) is 0.0500. The molecule has 0 unspecified atom stereocenters. The van der Waals surface area contributed by atoms with Crippen LogP contribution in [0.1, 0.15) is 21.9 Å². The van der Waals surface area contributed by atoms with E-state index in [9.17, 15) is 14.9 Å². The van der Waals surface area contributed by atoms with Gasteiger partial charge in [0.2, 0.25) is 0 Å². The van der Waals surface area contributed by atoms with Crippen LogP contribution in [0.3, 0.4) is 0 Å². The zero-order chi connectivity index (χ0) is 19.2. The summed E-state index contributed by atoms with van der Waals surface area (Å²) in [6.07, 6.45) is 2.84. The molecule has 0 radical (unpaired) electrons. The highest BCUT2D eigenvalue weighted by molar-refractivity contribution is 6.01. The smallest absolute Gasteiger partial charge is 0.335 e. The number of carboxylic acid groups (broad SMARTS) is 1. The molecule has 0 spiro atoms. The Balaban J connectivity index is 1.72. The number of hydrogen-bond acceptors (Lipinski definition) is 5. The van der Waals surface area contributed by atoms with Gasteiger partial charge in [-0.3, -0.25) is 4.79 Å². The molecular weight excluding hydrogens is 348 g/mol. The molecule has 27 heavy (non-hydrogen) atoms. The van der Waals surface area contributed by atoms with E-state index in [4.69, 9.17) is 13.9 Å². The minimum absolute atomic E-state index is 0.108. The van der Waals surface area contributed by atoms with Gasteiger partial charge in [0.25, 0.3) is 5.91 Å². The first kappa shape index (κ1) is 17.8. The van der Waals surface area contributed by atoms with Crippen molar-refractivity contribution in [3.63, 3.8) is 0 Å². The zero-order valence-electron chi connectivity index (χ0n) is 14.0. The molecule has 0 saturated heterocycles. The lowest BCUT2D eigenvalue weighted by molar-refractivity contribution is -0.117. The average molecular weight is 362 g/mol. The third-order valence-corrected chi connectivity index (χ3v) is 3.70. The van der Waals surface area contributed by atoms with Gasteiger partial charge in [0.05, 0.1) is 18.4 Å². The summed E-state index contributed by atoms with van der Waals surface area (Å²) in [7, 11) is 0. The first-order chi connectivity index (χ1) is 13.1. The van der Waals surface area contributed by atoms with Crippen molar-refractivity contribution in [3.05, 3.63) is 77.5 Å². The Morgan fingerprint density at radius 3 is 2.56 bits per heavy atom. The molecular formula is C20H14N2O5. The molecule has 1 amide bonds. The van der Waals surface area contributed by atoms with E-state index in [2.05, 4.69) is 5.32 Å². The van der Waals surface area contributed by atoms with Crippen LogP contribution >= 0.6 is 0 Å². The number of hydrogen-bond donors (Lipinski definition) is 2. The van der Waals surface area contributed by atoms with Crippen molar-refractivity contribution in [3.8, 4) is 17.4 Å². The maximum absolute atomic E-state index is 12.1. The van der Waals surface area contributed by atoms with Crippen molar-refractivity contribution < 1.29 is 23.5 Å². The lowest BCUT2D eigenvalue weighted by Crippen LogP contribution is -2.23. The van der Waals surface area contributed by atoms with Crippen LogP contribution in [0.25, 0.3) is 17.4 Å². The van der Waals surface area contributed by atoms with Crippen molar-refractivity contribution in [2.75, 3.05) is 0 Å². The van der Waals surface area contributed by atoms with E-state index in [-0.39, 0.29) is 17.7 Å². The van der Waals surface area contributed by atoms with E-state index in [1.807, 2.05) is 6.07 Å². The summed E-state index contributed by atoms with van der Waals surface area (Å²) >= 11 is 0. The minimum Gasteiger partial charge on any atom is -0.478 e. The van der Waals surface area contributed by atoms with E-state index in [0.29, 0.717) is 22.8 Å². The number of carboxylic acids is 1. The number of furan rings is 2. The Hall–Kier alpha value is -4.05. The fourth-order valence-electron chi connectivity index (χ4n) is 2.33. The average Bonchev–Trinajstić information content (AvgIpc) is 3.36. The molecule has 0 atom stereocenters. The summed E-state index contributed by atoms with van der Waals surface area (Å²) < 4.78 is 10.7. The summed E-state index contributed by atoms with van der Waals surface area (Å²) in [5.74, 6) is -0.157. The largest absolute Gasteiger partial charge is 0.478 e. The third kappa shape index (κ3) is 4.32. The van der Waals surface area contributed by atoms with Crippen LogP contribution in [0.5, 0.6) is 0 Å². The van der Waals surface area contributed by atoms with E-state index >= 15 is 0 Å². The first-order valence-electron chi connectivity index (χ1n) is 7.93. The number of aromatic carboxylic acids is 1. The summed E-state index contributed by atoms with van der Waals surface area (Å²) in [5, 5.41) is 20.7. The summed E-state index contributed by atoms with van der Waals surface area (Å²) in [6.45, 7) is 0.171. The quantitative estimate of drug-likeness (QED) is 0.512. The Kier molecular flexibility index (Phi) is 5.19. The fourth-order valence-corrected chi connectivity index (χ4v) is 2.33. The van der Waals surface area contributed by atoms with Gasteiger partial charge in [-0.2, -0.15) is 5.26 Å². The van der Waals surface area contributed by atoms with Crippen LogP contribution in [0.4, 0.5) is 0 Å². The molecule has 7 nitrogen and oxygen atoms in total. The molecule has 0 saturated carbocycles. The molecule has 2 N–H and O–H groups in total. The van der Waals surface area contributed by atoms with Gasteiger partial charge in [0.1, 0.15) is 28.9 Å². The molecule has 2 heterocycles. The molecule has 134 valence electrons. The van der Waals surface area contributed by atoms with Gasteiger partial charge < -0.3 is 19.3 Å². The molecule has 2 aromatic heterocycles. The molecule has 0 aliphatic heterocycles. The Morgan fingerprint density at radius 1 is 1.15 bits per heavy atom. The SMILES string of the molecule is N#CC(=Cc1ccc(-c2ccc(C(=O)O)cc2)o1)C(=O)NCc1ccco1. The zero-order valence-corrected chi connectivity index (χ0v) is 14.0. The van der Waals surface area contributed by atoms with Gasteiger partial charge in [-0.05, 0) is 36.4 Å². The molecule has 3 rings (SSSR count). The van der Waals surface area contributed by atoms with Crippen LogP contribution in [0.2, 0.25) is 0 Å². The Labute approximate surface area is 154 Å². The number of nitrogens with zero attached hydrogens (tertiary/aromatic N) is 1. The van der Waals surface area contributed by atoms with Gasteiger partial charge in [-0.15, -0.1) is 0 Å². The highest BCUT2D eigenvalue weighted by Crippen LogP contribution is 2.24. The number of rotatable bonds is 6. The highest BCUT2D eigenvalue weighted by atomic mass is 16.4. The number of carbonyl (C=O) groups is 2. The maximum atomic E-state index is 12.1. The molecule has 7 heteroatoms. The second-order valence-corrected chi connectivity index (χ2v) is 5.52. The Morgan fingerprint density at radius 2 is 1.93 bits per heavy atom. The van der Waals surface area contributed by atoms with Gasteiger partial charge in [0, 0.05) is 11.6 Å². The monoisotopic (exact) mass is 362 g/mol. The van der Waals surface area contributed by atoms with Crippen LogP contribution in [0, 0.1) is 11.3 Å². The predicted octanol–water partition coefficient (Wildman–Crippen LogP) is 3.46. The second kappa shape index (κ2) is 7.89. The van der Waals surface area contributed by atoms with Crippen LogP contribution in [0.15, 0.2) is 69.2 Å². The topological polar surface area (TPSA) is 116 Å². The van der Waals surface area contributed by atoms with Crippen molar-refractivity contribution in [1.82, 2.24) is 5.32 Å². The molecule has 0 aliphatic carbocycles. The molecule has 3 aromatic rings. The molecule has 0 bridgehead atoms. The number of amides is 1. The first-order valence-corrected chi connectivity index (χ1v) is 7.93. The number of nitriles is 1. The number of carbonyl (C=O) groups excluding carboxylic acids is 1. The van der Waals surface area contributed by atoms with Gasteiger partial charge in [-0.1, -0.05) is 12.1 Å². The highest BCUT2D eigenvalue weighted by Gasteiger charge is 2.12. The van der Waals surface area contributed by atoms with E-state index in [0.717, 1.165) is 0 Å². The minimum atomic E-state index is -1.01. The van der Waals surface area contributed by atoms with Crippen LogP contribution in [-0.2, 0) is 11.3 Å². The number of benzene rings is 1. The molecule has 0 aliphatic rings. The standard InChI is InChI=1S/C20H14N2O5/c21-11-15(19(23)22-12-17-2-1-9-26-17)10-16-7-8-18(27-16)13-3-5-14(6-4-13)20(24)25/h1-10H,12H2,(H,22,23)(H,24,25). The second-order valence-electron chi connectivity index (χ2n) is 5.52. The van der Waals surface area contributed by atoms with Crippen molar-refractivity contribution in [1.29, 1.82) is 5.26 Å². The Bertz CT molecular complexity index is 1020. The van der Waals surface area contributed by atoms with E-state index < -0.39 is 11.9 Å². The number of nitrogens with one attached hydrogen (secondary N) is 1. The van der Waals surface area contributed by atoms with E-state index in [1.165, 1.54) is 24.5 Å². The van der Waals surface area contributed by atoms with Crippen molar-refractivity contribution >= 4 is 18.0 Å². The predicted molar refractivity (Wildman–Crippen MR) is 95.2 cm³/mol. The lowest BCUT2D eigenvalue weighted by Gasteiger charge is -2.01. The van der Waals surface area contributed by atoms with Crippen molar-refractivity contribution in [2.45, 2.75) is 6.54 Å². The lowest BCUT2D eigenvalue weighted by atomic mass is 10.1.